The molecule has 30 heavy (non-hydrogen) atoms. The van der Waals surface area contributed by atoms with E-state index in [9.17, 15) is 8.42 Å². The van der Waals surface area contributed by atoms with Gasteiger partial charge in [0.2, 0.25) is 21.8 Å². The average molecular weight is 491 g/mol. The highest BCUT2D eigenvalue weighted by Crippen LogP contribution is 2.27. The van der Waals surface area contributed by atoms with E-state index in [4.69, 9.17) is 4.42 Å². The molecule has 9 heteroatoms. The third-order valence-electron chi connectivity index (χ3n) is 5.21. The van der Waals surface area contributed by atoms with Crippen molar-refractivity contribution in [3.8, 4) is 11.5 Å². The first-order chi connectivity index (χ1) is 14.3. The Morgan fingerprint density at radius 1 is 1.03 bits per heavy atom. The maximum atomic E-state index is 13.0. The van der Waals surface area contributed by atoms with E-state index in [-0.39, 0.29) is 0 Å². The molecule has 1 aromatic heterocycles. The Labute approximate surface area is 184 Å². The Kier molecular flexibility index (Phi) is 6.06. The molecule has 0 amide bonds. The molecule has 0 unspecified atom stereocenters. The summed E-state index contributed by atoms with van der Waals surface area (Å²) in [6.45, 7) is 6.38. The average Bonchev–Trinajstić information content (AvgIpc) is 3.16. The van der Waals surface area contributed by atoms with Gasteiger partial charge in [0.25, 0.3) is 0 Å². The molecule has 3 aromatic rings. The van der Waals surface area contributed by atoms with Crippen LogP contribution < -0.4 is 0 Å². The normalized spacial score (nSPS) is 16.1. The van der Waals surface area contributed by atoms with Crippen molar-refractivity contribution < 1.29 is 12.8 Å². The molecule has 1 aliphatic rings. The molecular formula is C21H23BrN4O3S. The number of rotatable bonds is 5. The van der Waals surface area contributed by atoms with Gasteiger partial charge < -0.3 is 4.42 Å². The summed E-state index contributed by atoms with van der Waals surface area (Å²) in [4.78, 5) is 2.52. The minimum Gasteiger partial charge on any atom is -0.419 e. The molecule has 2 aromatic carbocycles. The fourth-order valence-electron chi connectivity index (χ4n) is 3.61. The molecule has 0 spiro atoms. The van der Waals surface area contributed by atoms with Crippen LogP contribution in [-0.2, 0) is 16.6 Å². The predicted octanol–water partition coefficient (Wildman–Crippen LogP) is 3.62. The van der Waals surface area contributed by atoms with Crippen LogP contribution in [0.2, 0.25) is 0 Å². The Morgan fingerprint density at radius 3 is 2.47 bits per heavy atom. The summed E-state index contributed by atoms with van der Waals surface area (Å²) in [7, 11) is -3.49. The highest BCUT2D eigenvalue weighted by Gasteiger charge is 2.30. The number of hydrogen-bond donors (Lipinski definition) is 0. The first-order valence-corrected chi connectivity index (χ1v) is 11.9. The third kappa shape index (κ3) is 4.34. The van der Waals surface area contributed by atoms with E-state index in [1.165, 1.54) is 0 Å². The van der Waals surface area contributed by atoms with Crippen LogP contribution in [-0.4, -0.2) is 54.0 Å². The highest BCUT2D eigenvalue weighted by molar-refractivity contribution is 9.10. The number of aryl methyl sites for hydroxylation is 2. The van der Waals surface area contributed by atoms with Gasteiger partial charge in [0, 0.05) is 30.7 Å². The number of piperazine rings is 1. The molecule has 4 rings (SSSR count). The maximum absolute atomic E-state index is 13.0. The molecule has 1 saturated heterocycles. The number of hydrogen-bond acceptors (Lipinski definition) is 6. The summed E-state index contributed by atoms with van der Waals surface area (Å²) in [5.74, 6) is 0.986. The van der Waals surface area contributed by atoms with Gasteiger partial charge in [0.05, 0.1) is 17.0 Å². The molecule has 7 nitrogen and oxygen atoms in total. The van der Waals surface area contributed by atoms with Gasteiger partial charge in [-0.25, -0.2) is 8.42 Å². The zero-order valence-electron chi connectivity index (χ0n) is 16.9. The molecule has 1 aliphatic heterocycles. The number of nitrogens with zero attached hydrogens (tertiary/aromatic N) is 4. The lowest BCUT2D eigenvalue weighted by Crippen LogP contribution is -2.48. The molecule has 0 N–H and O–H groups in total. The highest BCUT2D eigenvalue weighted by atomic mass is 79.9. The second kappa shape index (κ2) is 8.58. The number of aromatic nitrogens is 2. The van der Waals surface area contributed by atoms with E-state index in [0.29, 0.717) is 49.4 Å². The van der Waals surface area contributed by atoms with Crippen molar-refractivity contribution >= 4 is 26.0 Å². The van der Waals surface area contributed by atoms with Crippen LogP contribution in [0.25, 0.3) is 11.5 Å². The van der Waals surface area contributed by atoms with Crippen LogP contribution in [0.3, 0.4) is 0 Å². The van der Waals surface area contributed by atoms with Crippen LogP contribution in [0.4, 0.5) is 0 Å². The summed E-state index contributed by atoms with van der Waals surface area (Å²) in [5.41, 5.74) is 2.68. The summed E-state index contributed by atoms with van der Waals surface area (Å²) in [6.07, 6.45) is 0. The number of benzene rings is 2. The molecule has 2 heterocycles. The molecule has 158 valence electrons. The Bertz CT molecular complexity index is 1150. The topological polar surface area (TPSA) is 79.5 Å². The van der Waals surface area contributed by atoms with Gasteiger partial charge in [0.15, 0.2) is 0 Å². The van der Waals surface area contributed by atoms with Crippen LogP contribution in [0, 0.1) is 13.8 Å². The van der Waals surface area contributed by atoms with Gasteiger partial charge in [-0.1, -0.05) is 29.8 Å². The van der Waals surface area contributed by atoms with E-state index < -0.39 is 10.0 Å². The first-order valence-electron chi connectivity index (χ1n) is 9.71. The predicted molar refractivity (Wildman–Crippen MR) is 117 cm³/mol. The van der Waals surface area contributed by atoms with Crippen LogP contribution in [0.5, 0.6) is 0 Å². The molecule has 1 fully saturated rings. The fourth-order valence-corrected chi connectivity index (χ4v) is 5.69. The molecule has 0 atom stereocenters. The Hall–Kier alpha value is -2.07. The second-order valence-electron chi connectivity index (χ2n) is 7.43. The molecule has 0 radical (unpaired) electrons. The van der Waals surface area contributed by atoms with Crippen molar-refractivity contribution in [2.75, 3.05) is 26.2 Å². The molecule has 0 saturated carbocycles. The maximum Gasteiger partial charge on any atom is 0.248 e. The smallest absolute Gasteiger partial charge is 0.248 e. The summed E-state index contributed by atoms with van der Waals surface area (Å²) in [6, 6.07) is 13.1. The minimum absolute atomic E-state index is 0.386. The number of halogens is 1. The van der Waals surface area contributed by atoms with Gasteiger partial charge in [-0.05, 0) is 53.5 Å². The first kappa shape index (κ1) is 21.2. The molecule has 0 bridgehead atoms. The summed E-state index contributed by atoms with van der Waals surface area (Å²) >= 11 is 3.49. The lowest BCUT2D eigenvalue weighted by molar-refractivity contribution is 0.168. The Balaban J connectivity index is 1.40. The largest absolute Gasteiger partial charge is 0.419 e. The third-order valence-corrected chi connectivity index (χ3v) is 7.96. The van der Waals surface area contributed by atoms with Crippen molar-refractivity contribution in [2.45, 2.75) is 25.3 Å². The Morgan fingerprint density at radius 2 is 1.77 bits per heavy atom. The molecule has 0 aliphatic carbocycles. The van der Waals surface area contributed by atoms with Crippen LogP contribution >= 0.6 is 15.9 Å². The van der Waals surface area contributed by atoms with Gasteiger partial charge in [-0.15, -0.1) is 10.2 Å². The monoisotopic (exact) mass is 490 g/mol. The van der Waals surface area contributed by atoms with E-state index in [2.05, 4.69) is 31.0 Å². The lowest BCUT2D eigenvalue weighted by atomic mass is 10.2. The van der Waals surface area contributed by atoms with Gasteiger partial charge >= 0.3 is 0 Å². The number of sulfonamides is 1. The fraction of sp³-hybridized carbons (Fsp3) is 0.333. The van der Waals surface area contributed by atoms with Gasteiger partial charge in [0.1, 0.15) is 0 Å². The zero-order valence-corrected chi connectivity index (χ0v) is 19.3. The standard InChI is InChI=1S/C21H23BrN4O3S/c1-15-7-8-19(16(2)13-15)30(27,28)26-11-9-25(10-12-26)14-20-23-24-21(29-20)17-5-3-4-6-18(17)22/h3-8,13H,9-12,14H2,1-2H3. The van der Waals surface area contributed by atoms with Crippen molar-refractivity contribution in [1.29, 1.82) is 0 Å². The van der Waals surface area contributed by atoms with Crippen LogP contribution in [0.1, 0.15) is 17.0 Å². The summed E-state index contributed by atoms with van der Waals surface area (Å²) in [5, 5.41) is 8.30. The van der Waals surface area contributed by atoms with E-state index in [0.717, 1.165) is 21.2 Å². The lowest BCUT2D eigenvalue weighted by Gasteiger charge is -2.33. The van der Waals surface area contributed by atoms with Crippen molar-refractivity contribution in [1.82, 2.24) is 19.4 Å². The van der Waals surface area contributed by atoms with Gasteiger partial charge in [-0.2, -0.15) is 4.31 Å². The minimum atomic E-state index is -3.49. The second-order valence-corrected chi connectivity index (χ2v) is 10.2. The molecular weight excluding hydrogens is 468 g/mol. The van der Waals surface area contributed by atoms with Crippen molar-refractivity contribution in [2.24, 2.45) is 0 Å². The van der Waals surface area contributed by atoms with Crippen molar-refractivity contribution in [3.05, 3.63) is 64.0 Å². The quantitative estimate of drug-likeness (QED) is 0.543. The zero-order chi connectivity index (χ0) is 21.3. The van der Waals surface area contributed by atoms with E-state index >= 15 is 0 Å². The summed E-state index contributed by atoms with van der Waals surface area (Å²) < 4.78 is 34.3. The van der Waals surface area contributed by atoms with Crippen molar-refractivity contribution in [3.63, 3.8) is 0 Å². The van der Waals surface area contributed by atoms with E-state index in [1.807, 2.05) is 50.2 Å². The van der Waals surface area contributed by atoms with E-state index in [1.54, 1.807) is 10.4 Å². The van der Waals surface area contributed by atoms with Crippen LogP contribution in [0.15, 0.2) is 56.2 Å². The van der Waals surface area contributed by atoms with Gasteiger partial charge in [-0.3, -0.25) is 4.90 Å². The SMILES string of the molecule is Cc1ccc(S(=O)(=O)N2CCN(Cc3nnc(-c4ccccc4Br)o3)CC2)c(C)c1.